The van der Waals surface area contributed by atoms with Crippen molar-refractivity contribution in [1.82, 2.24) is 5.32 Å². The van der Waals surface area contributed by atoms with Gasteiger partial charge in [0.2, 0.25) is 0 Å². The van der Waals surface area contributed by atoms with Crippen LogP contribution in [0.1, 0.15) is 37.7 Å². The Balaban J connectivity index is 2.03. The van der Waals surface area contributed by atoms with E-state index in [2.05, 4.69) is 36.5 Å². The third-order valence-electron chi connectivity index (χ3n) is 4.25. The van der Waals surface area contributed by atoms with Crippen molar-refractivity contribution in [2.75, 3.05) is 4.90 Å². The topological polar surface area (TPSA) is 32.3 Å². The van der Waals surface area contributed by atoms with E-state index < -0.39 is 5.54 Å². The molecule has 3 nitrogen and oxygen atoms in total. The Morgan fingerprint density at radius 2 is 1.79 bits per heavy atom. The fraction of sp³-hybridized carbons (Fsp3) is 0.467. The number of rotatable bonds is 1. The largest absolute Gasteiger partial charge is 0.303 e. The summed E-state index contributed by atoms with van der Waals surface area (Å²) >= 11 is 5.38. The molecular formula is C15H18N2OS. The summed E-state index contributed by atoms with van der Waals surface area (Å²) in [6, 6.07) is 8.24. The van der Waals surface area contributed by atoms with E-state index in [9.17, 15) is 4.79 Å². The number of thiocarbonyl (C=S) groups is 1. The van der Waals surface area contributed by atoms with Crippen LogP contribution < -0.4 is 10.2 Å². The zero-order valence-corrected chi connectivity index (χ0v) is 11.9. The molecule has 0 unspecified atom stereocenters. The van der Waals surface area contributed by atoms with Crippen molar-refractivity contribution in [3.63, 3.8) is 0 Å². The summed E-state index contributed by atoms with van der Waals surface area (Å²) in [5.41, 5.74) is 1.80. The molecular weight excluding hydrogens is 256 g/mol. The number of nitrogens with zero attached hydrogens (tertiary/aromatic N) is 1. The maximum Gasteiger partial charge on any atom is 0.252 e. The molecule has 1 saturated heterocycles. The second-order valence-electron chi connectivity index (χ2n) is 5.52. The van der Waals surface area contributed by atoms with E-state index in [1.54, 1.807) is 0 Å². The number of carbonyl (C=O) groups excluding carboxylic acids is 1. The van der Waals surface area contributed by atoms with Crippen molar-refractivity contribution in [3.05, 3.63) is 29.8 Å². The highest BCUT2D eigenvalue weighted by molar-refractivity contribution is 7.80. The summed E-state index contributed by atoms with van der Waals surface area (Å²) in [5, 5.41) is 3.41. The number of aryl methyl sites for hydroxylation is 1. The number of nitrogens with one attached hydrogen (secondary N) is 1. The molecule has 1 saturated carbocycles. The van der Waals surface area contributed by atoms with E-state index in [4.69, 9.17) is 12.2 Å². The number of amides is 1. The lowest BCUT2D eigenvalue weighted by atomic mass is 9.80. The van der Waals surface area contributed by atoms with Gasteiger partial charge in [0.05, 0.1) is 0 Å². The lowest BCUT2D eigenvalue weighted by molar-refractivity contribution is -0.124. The van der Waals surface area contributed by atoms with Crippen LogP contribution in [0.25, 0.3) is 0 Å². The molecule has 0 radical (unpaired) electrons. The van der Waals surface area contributed by atoms with Crippen LogP contribution in [0.15, 0.2) is 24.3 Å². The van der Waals surface area contributed by atoms with Crippen LogP contribution in [0.4, 0.5) is 5.69 Å². The molecule has 1 N–H and O–H groups in total. The molecule has 1 spiro atoms. The molecule has 0 atom stereocenters. The minimum absolute atomic E-state index is 0.0813. The standard InChI is InChI=1S/C15H18N2OS/c1-11-5-7-12(8-6-11)17-14(19)16-13(18)15(17)9-3-2-4-10-15/h5-8H,2-4,9-10H2,1H3,(H,16,18,19). The van der Waals surface area contributed by atoms with E-state index in [0.29, 0.717) is 5.11 Å². The van der Waals surface area contributed by atoms with E-state index in [1.165, 1.54) is 12.0 Å². The normalized spacial score (nSPS) is 21.8. The third-order valence-corrected chi connectivity index (χ3v) is 4.53. The van der Waals surface area contributed by atoms with Gasteiger partial charge in [0.15, 0.2) is 5.11 Å². The van der Waals surface area contributed by atoms with Gasteiger partial charge in [0.25, 0.3) is 5.91 Å². The van der Waals surface area contributed by atoms with Crippen LogP contribution in [0, 0.1) is 6.92 Å². The molecule has 100 valence electrons. The molecule has 3 rings (SSSR count). The van der Waals surface area contributed by atoms with Crippen molar-refractivity contribution in [1.29, 1.82) is 0 Å². The zero-order valence-electron chi connectivity index (χ0n) is 11.1. The summed E-state index contributed by atoms with van der Waals surface area (Å²) < 4.78 is 0. The Bertz CT molecular complexity index is 517. The van der Waals surface area contributed by atoms with Crippen LogP contribution in [-0.4, -0.2) is 16.6 Å². The maximum absolute atomic E-state index is 12.4. The van der Waals surface area contributed by atoms with Gasteiger partial charge in [-0.2, -0.15) is 0 Å². The van der Waals surface area contributed by atoms with E-state index in [1.807, 2.05) is 4.90 Å². The smallest absolute Gasteiger partial charge is 0.252 e. The first-order valence-corrected chi connectivity index (χ1v) is 7.27. The summed E-state index contributed by atoms with van der Waals surface area (Å²) in [6.45, 7) is 2.06. The van der Waals surface area contributed by atoms with Crippen molar-refractivity contribution in [2.45, 2.75) is 44.6 Å². The predicted octanol–water partition coefficient (Wildman–Crippen LogP) is 2.92. The van der Waals surface area contributed by atoms with Gasteiger partial charge in [-0.15, -0.1) is 0 Å². The first-order valence-electron chi connectivity index (χ1n) is 6.86. The molecule has 0 aromatic heterocycles. The highest BCUT2D eigenvalue weighted by Crippen LogP contribution is 2.40. The first-order chi connectivity index (χ1) is 9.13. The van der Waals surface area contributed by atoms with Crippen LogP contribution in [0.5, 0.6) is 0 Å². The molecule has 2 fully saturated rings. The third kappa shape index (κ3) is 1.94. The fourth-order valence-electron chi connectivity index (χ4n) is 3.21. The van der Waals surface area contributed by atoms with Crippen molar-refractivity contribution in [2.24, 2.45) is 0 Å². The van der Waals surface area contributed by atoms with E-state index in [-0.39, 0.29) is 5.91 Å². The molecule has 4 heteroatoms. The van der Waals surface area contributed by atoms with Gasteiger partial charge in [-0.3, -0.25) is 4.79 Å². The molecule has 1 aromatic rings. The van der Waals surface area contributed by atoms with Crippen LogP contribution in [-0.2, 0) is 4.79 Å². The molecule has 19 heavy (non-hydrogen) atoms. The molecule has 0 bridgehead atoms. The van der Waals surface area contributed by atoms with Gasteiger partial charge < -0.3 is 10.2 Å². The average molecular weight is 274 g/mol. The van der Waals surface area contributed by atoms with E-state index >= 15 is 0 Å². The van der Waals surface area contributed by atoms with Crippen molar-refractivity contribution < 1.29 is 4.79 Å². The number of hydrogen-bond donors (Lipinski definition) is 1. The highest BCUT2D eigenvalue weighted by atomic mass is 32.1. The molecule has 1 aliphatic carbocycles. The van der Waals surface area contributed by atoms with Gasteiger partial charge >= 0.3 is 0 Å². The summed E-state index contributed by atoms with van der Waals surface area (Å²) in [4.78, 5) is 14.4. The highest BCUT2D eigenvalue weighted by Gasteiger charge is 2.51. The summed E-state index contributed by atoms with van der Waals surface area (Å²) in [6.07, 6.45) is 5.19. The Kier molecular flexibility index (Phi) is 3.05. The van der Waals surface area contributed by atoms with E-state index in [0.717, 1.165) is 31.4 Å². The lowest BCUT2D eigenvalue weighted by Gasteiger charge is -2.39. The average Bonchev–Trinajstić information content (AvgIpc) is 2.64. The number of hydrogen-bond acceptors (Lipinski definition) is 2. The summed E-state index contributed by atoms with van der Waals surface area (Å²) in [7, 11) is 0. The number of benzene rings is 1. The van der Waals surface area contributed by atoms with Crippen LogP contribution in [0.2, 0.25) is 0 Å². The van der Waals surface area contributed by atoms with Crippen molar-refractivity contribution >= 4 is 28.9 Å². The molecule has 1 amide bonds. The van der Waals surface area contributed by atoms with Gasteiger partial charge in [-0.1, -0.05) is 37.0 Å². The Hall–Kier alpha value is -1.42. The monoisotopic (exact) mass is 274 g/mol. The van der Waals surface area contributed by atoms with Gasteiger partial charge in [0, 0.05) is 5.69 Å². The second-order valence-corrected chi connectivity index (χ2v) is 5.91. The number of anilines is 1. The molecule has 1 aromatic carbocycles. The molecule has 1 aliphatic heterocycles. The SMILES string of the molecule is Cc1ccc(N2C(=S)NC(=O)C23CCCCC3)cc1. The number of carbonyl (C=O) groups is 1. The Morgan fingerprint density at radius 3 is 2.42 bits per heavy atom. The Morgan fingerprint density at radius 1 is 1.16 bits per heavy atom. The predicted molar refractivity (Wildman–Crippen MR) is 80.2 cm³/mol. The first kappa shape index (κ1) is 12.6. The van der Waals surface area contributed by atoms with Gasteiger partial charge in [-0.05, 0) is 44.1 Å². The molecule has 2 aliphatic rings. The fourth-order valence-corrected chi connectivity index (χ4v) is 3.58. The summed E-state index contributed by atoms with van der Waals surface area (Å²) in [5.74, 6) is 0.0813. The van der Waals surface area contributed by atoms with Gasteiger partial charge in [-0.25, -0.2) is 0 Å². The second kappa shape index (κ2) is 4.60. The Labute approximate surface area is 119 Å². The van der Waals surface area contributed by atoms with Gasteiger partial charge in [0.1, 0.15) is 5.54 Å². The molecule has 1 heterocycles. The lowest BCUT2D eigenvalue weighted by Crippen LogP contribution is -2.51. The van der Waals surface area contributed by atoms with Crippen LogP contribution in [0.3, 0.4) is 0 Å². The zero-order chi connectivity index (χ0) is 13.5. The quantitative estimate of drug-likeness (QED) is 0.799. The van der Waals surface area contributed by atoms with Crippen molar-refractivity contribution in [3.8, 4) is 0 Å². The van der Waals surface area contributed by atoms with Crippen LogP contribution >= 0.6 is 12.2 Å². The minimum Gasteiger partial charge on any atom is -0.303 e. The maximum atomic E-state index is 12.4. The minimum atomic E-state index is -0.440.